The summed E-state index contributed by atoms with van der Waals surface area (Å²) in [7, 11) is 0. The van der Waals surface area contributed by atoms with Gasteiger partial charge in [-0.2, -0.15) is 0 Å². The van der Waals surface area contributed by atoms with Gasteiger partial charge < -0.3 is 14.2 Å². The summed E-state index contributed by atoms with van der Waals surface area (Å²) >= 11 is 0. The average Bonchev–Trinajstić information content (AvgIpc) is 2.61. The highest BCUT2D eigenvalue weighted by Crippen LogP contribution is 2.30. The zero-order valence-electron chi connectivity index (χ0n) is 13.0. The van der Waals surface area contributed by atoms with Crippen molar-refractivity contribution in [3.63, 3.8) is 0 Å². The van der Waals surface area contributed by atoms with Gasteiger partial charge >= 0.3 is 5.97 Å². The predicted molar refractivity (Wildman–Crippen MR) is 83.2 cm³/mol. The number of fused-ring (bicyclic) bond motifs is 1. The Hall–Kier alpha value is -2.89. The van der Waals surface area contributed by atoms with Gasteiger partial charge in [-0.25, -0.2) is 9.18 Å². The molecule has 5 nitrogen and oxygen atoms in total. The number of carbonyl (C=O) groups excluding carboxylic acids is 2. The van der Waals surface area contributed by atoms with Gasteiger partial charge in [0.15, 0.2) is 23.9 Å². The average molecular weight is 330 g/mol. The van der Waals surface area contributed by atoms with Crippen LogP contribution in [0.1, 0.15) is 26.3 Å². The Morgan fingerprint density at radius 2 is 1.75 bits per heavy atom. The molecule has 0 bridgehead atoms. The highest BCUT2D eigenvalue weighted by Gasteiger charge is 2.17. The molecule has 24 heavy (non-hydrogen) atoms. The molecule has 124 valence electrons. The van der Waals surface area contributed by atoms with Crippen molar-refractivity contribution in [3.8, 4) is 11.5 Å². The van der Waals surface area contributed by atoms with Crippen molar-refractivity contribution in [1.29, 1.82) is 0 Å². The van der Waals surface area contributed by atoms with Crippen LogP contribution in [0.25, 0.3) is 0 Å². The molecule has 0 aromatic heterocycles. The summed E-state index contributed by atoms with van der Waals surface area (Å²) in [5.74, 6) is -0.570. The lowest BCUT2D eigenvalue weighted by molar-refractivity contribution is 0.0474. The Balaban J connectivity index is 1.64. The van der Waals surface area contributed by atoms with E-state index in [4.69, 9.17) is 14.2 Å². The van der Waals surface area contributed by atoms with Crippen molar-refractivity contribution in [2.75, 3.05) is 19.8 Å². The van der Waals surface area contributed by atoms with Crippen LogP contribution in [0, 0.1) is 12.7 Å². The highest BCUT2D eigenvalue weighted by molar-refractivity contribution is 5.99. The van der Waals surface area contributed by atoms with Gasteiger partial charge in [-0.1, -0.05) is 6.07 Å². The van der Waals surface area contributed by atoms with Crippen LogP contribution in [0.15, 0.2) is 36.4 Å². The minimum atomic E-state index is -0.750. The van der Waals surface area contributed by atoms with Crippen molar-refractivity contribution in [1.82, 2.24) is 0 Å². The number of esters is 1. The number of ether oxygens (including phenoxy) is 3. The van der Waals surface area contributed by atoms with E-state index in [-0.39, 0.29) is 11.3 Å². The van der Waals surface area contributed by atoms with Crippen molar-refractivity contribution < 1.29 is 28.2 Å². The third-order valence-corrected chi connectivity index (χ3v) is 3.61. The quantitative estimate of drug-likeness (QED) is 0.637. The maximum absolute atomic E-state index is 13.5. The SMILES string of the molecule is Cc1ccc(C(=O)OCC(=O)c2ccc3c(c2)OCCO3)cc1F. The second-order valence-corrected chi connectivity index (χ2v) is 5.32. The van der Waals surface area contributed by atoms with Crippen molar-refractivity contribution in [2.45, 2.75) is 6.92 Å². The fraction of sp³-hybridized carbons (Fsp3) is 0.222. The lowest BCUT2D eigenvalue weighted by atomic mass is 10.1. The topological polar surface area (TPSA) is 61.8 Å². The van der Waals surface area contributed by atoms with Gasteiger partial charge in [-0.05, 0) is 42.8 Å². The maximum atomic E-state index is 13.5. The Kier molecular flexibility index (Phi) is 4.46. The van der Waals surface area contributed by atoms with E-state index in [9.17, 15) is 14.0 Å². The van der Waals surface area contributed by atoms with E-state index < -0.39 is 18.4 Å². The van der Waals surface area contributed by atoms with Crippen LogP contribution in [-0.4, -0.2) is 31.6 Å². The molecule has 2 aromatic rings. The first-order chi connectivity index (χ1) is 11.5. The standard InChI is InChI=1S/C18H15FO5/c1-11-2-3-13(8-14(11)19)18(21)24-10-15(20)12-4-5-16-17(9-12)23-7-6-22-16/h2-5,8-9H,6-7,10H2,1H3. The first-order valence-electron chi connectivity index (χ1n) is 7.41. The van der Waals surface area contributed by atoms with Crippen LogP contribution in [0.5, 0.6) is 11.5 Å². The number of hydrogen-bond acceptors (Lipinski definition) is 5. The molecular weight excluding hydrogens is 315 g/mol. The molecule has 0 radical (unpaired) electrons. The van der Waals surface area contributed by atoms with Crippen LogP contribution >= 0.6 is 0 Å². The zero-order chi connectivity index (χ0) is 17.1. The van der Waals surface area contributed by atoms with Crippen molar-refractivity contribution >= 4 is 11.8 Å². The lowest BCUT2D eigenvalue weighted by Gasteiger charge is -2.18. The molecular formula is C18H15FO5. The Morgan fingerprint density at radius 1 is 1.04 bits per heavy atom. The van der Waals surface area contributed by atoms with E-state index in [0.29, 0.717) is 35.8 Å². The second kappa shape index (κ2) is 6.70. The van der Waals surface area contributed by atoms with E-state index in [1.54, 1.807) is 25.1 Å². The third kappa shape index (κ3) is 3.37. The van der Waals surface area contributed by atoms with E-state index >= 15 is 0 Å². The Bertz CT molecular complexity index is 800. The number of rotatable bonds is 4. The van der Waals surface area contributed by atoms with Gasteiger partial charge in [-0.15, -0.1) is 0 Å². The summed E-state index contributed by atoms with van der Waals surface area (Å²) in [5, 5.41) is 0. The first-order valence-corrected chi connectivity index (χ1v) is 7.41. The van der Waals surface area contributed by atoms with Gasteiger partial charge in [0.05, 0.1) is 5.56 Å². The second-order valence-electron chi connectivity index (χ2n) is 5.32. The fourth-order valence-corrected chi connectivity index (χ4v) is 2.23. The number of carbonyl (C=O) groups is 2. The van der Waals surface area contributed by atoms with Crippen LogP contribution in [-0.2, 0) is 4.74 Å². The molecule has 1 aliphatic rings. The molecule has 0 saturated heterocycles. The smallest absolute Gasteiger partial charge is 0.338 e. The summed E-state index contributed by atoms with van der Waals surface area (Å²) in [5.41, 5.74) is 0.842. The molecule has 0 spiro atoms. The number of Topliss-reactive ketones (excluding diaryl/α,β-unsaturated/α-hetero) is 1. The molecule has 0 amide bonds. The molecule has 3 rings (SSSR count). The van der Waals surface area contributed by atoms with Gasteiger partial charge in [0.25, 0.3) is 0 Å². The summed E-state index contributed by atoms with van der Waals surface area (Å²) in [6.07, 6.45) is 0. The maximum Gasteiger partial charge on any atom is 0.338 e. The predicted octanol–water partition coefficient (Wildman–Crippen LogP) is 2.95. The molecule has 0 atom stereocenters. The normalized spacial score (nSPS) is 12.6. The largest absolute Gasteiger partial charge is 0.486 e. The molecule has 0 aliphatic carbocycles. The fourth-order valence-electron chi connectivity index (χ4n) is 2.23. The van der Waals surface area contributed by atoms with E-state index in [1.807, 2.05) is 0 Å². The molecule has 2 aromatic carbocycles. The number of hydrogen-bond donors (Lipinski definition) is 0. The lowest BCUT2D eigenvalue weighted by Crippen LogP contribution is -2.17. The van der Waals surface area contributed by atoms with Gasteiger partial charge in [0, 0.05) is 5.56 Å². The van der Waals surface area contributed by atoms with Gasteiger partial charge in [0.2, 0.25) is 0 Å². The van der Waals surface area contributed by atoms with Gasteiger partial charge in [0.1, 0.15) is 19.0 Å². The number of halogens is 1. The molecule has 0 N–H and O–H groups in total. The minimum absolute atomic E-state index is 0.0630. The van der Waals surface area contributed by atoms with Crippen LogP contribution < -0.4 is 9.47 Å². The molecule has 6 heteroatoms. The van der Waals surface area contributed by atoms with Crippen LogP contribution in [0.3, 0.4) is 0 Å². The Morgan fingerprint density at radius 3 is 2.50 bits per heavy atom. The molecule has 1 aliphatic heterocycles. The number of aryl methyl sites for hydroxylation is 1. The third-order valence-electron chi connectivity index (χ3n) is 3.61. The molecule has 1 heterocycles. The number of ketones is 1. The summed E-state index contributed by atoms with van der Waals surface area (Å²) in [6.45, 7) is 2.04. The van der Waals surface area contributed by atoms with Crippen LogP contribution in [0.4, 0.5) is 4.39 Å². The van der Waals surface area contributed by atoms with Crippen molar-refractivity contribution in [2.24, 2.45) is 0 Å². The summed E-state index contributed by atoms with van der Waals surface area (Å²) < 4.78 is 29.2. The number of benzene rings is 2. The Labute approximate surface area is 138 Å². The summed E-state index contributed by atoms with van der Waals surface area (Å²) in [4.78, 5) is 24.0. The van der Waals surface area contributed by atoms with Crippen molar-refractivity contribution in [3.05, 3.63) is 58.9 Å². The summed E-state index contributed by atoms with van der Waals surface area (Å²) in [6, 6.07) is 8.79. The highest BCUT2D eigenvalue weighted by atomic mass is 19.1. The van der Waals surface area contributed by atoms with Crippen LogP contribution in [0.2, 0.25) is 0 Å². The van der Waals surface area contributed by atoms with E-state index in [2.05, 4.69) is 0 Å². The molecule has 0 unspecified atom stereocenters. The monoisotopic (exact) mass is 330 g/mol. The first kappa shape index (κ1) is 16.0. The van der Waals surface area contributed by atoms with Gasteiger partial charge in [-0.3, -0.25) is 4.79 Å². The van der Waals surface area contributed by atoms with E-state index in [0.717, 1.165) is 6.07 Å². The molecule has 0 saturated carbocycles. The molecule has 0 fully saturated rings. The van der Waals surface area contributed by atoms with E-state index in [1.165, 1.54) is 12.1 Å². The minimum Gasteiger partial charge on any atom is -0.486 e. The zero-order valence-corrected chi connectivity index (χ0v) is 13.0.